The van der Waals surface area contributed by atoms with E-state index in [1.807, 2.05) is 0 Å². The number of nitrogens with one attached hydrogen (secondary N) is 1. The molecular weight excluding hydrogens is 298 g/mol. The van der Waals surface area contributed by atoms with Crippen molar-refractivity contribution < 1.29 is 8.42 Å². The van der Waals surface area contributed by atoms with Crippen LogP contribution in [0.5, 0.6) is 0 Å². The highest BCUT2D eigenvalue weighted by atomic mass is 35.5. The number of anilines is 1. The van der Waals surface area contributed by atoms with Gasteiger partial charge in [0.05, 0.1) is 5.02 Å². The number of rotatable bonds is 3. The Morgan fingerprint density at radius 3 is 2.30 bits per heavy atom. The van der Waals surface area contributed by atoms with Gasteiger partial charge in [0.1, 0.15) is 4.90 Å². The van der Waals surface area contributed by atoms with Gasteiger partial charge in [-0.15, -0.1) is 0 Å². The fourth-order valence-corrected chi connectivity index (χ4v) is 3.30. The van der Waals surface area contributed by atoms with Gasteiger partial charge in [0.25, 0.3) is 10.0 Å². The number of aromatic nitrogens is 2. The van der Waals surface area contributed by atoms with Crippen LogP contribution in [-0.4, -0.2) is 18.4 Å². The van der Waals surface area contributed by atoms with E-state index in [1.165, 1.54) is 6.07 Å². The number of sulfonamides is 1. The Kier molecular flexibility index (Phi) is 3.96. The fraction of sp³-hybridized carbons (Fsp3) is 0.231. The lowest BCUT2D eigenvalue weighted by atomic mass is 10.2. The highest BCUT2D eigenvalue weighted by Crippen LogP contribution is 2.25. The van der Waals surface area contributed by atoms with Crippen molar-refractivity contribution in [2.75, 3.05) is 4.72 Å². The molecular formula is C13H14ClN3O2S. The second kappa shape index (κ2) is 5.38. The van der Waals surface area contributed by atoms with Crippen LogP contribution in [0, 0.1) is 20.8 Å². The molecule has 1 N–H and O–H groups in total. The van der Waals surface area contributed by atoms with E-state index in [9.17, 15) is 8.42 Å². The number of nitrogens with zero attached hydrogens (tertiary/aromatic N) is 2. The van der Waals surface area contributed by atoms with Crippen molar-refractivity contribution in [2.45, 2.75) is 25.7 Å². The summed E-state index contributed by atoms with van der Waals surface area (Å²) in [6.45, 7) is 5.28. The molecule has 1 aromatic heterocycles. The quantitative estimate of drug-likeness (QED) is 0.946. The second-order valence-corrected chi connectivity index (χ2v) is 6.50. The van der Waals surface area contributed by atoms with E-state index in [0.29, 0.717) is 17.0 Å². The minimum atomic E-state index is -3.81. The average molecular weight is 312 g/mol. The van der Waals surface area contributed by atoms with Gasteiger partial charge >= 0.3 is 0 Å². The molecule has 0 bridgehead atoms. The van der Waals surface area contributed by atoms with Gasteiger partial charge in [-0.25, -0.2) is 23.1 Å². The third kappa shape index (κ3) is 3.08. The summed E-state index contributed by atoms with van der Waals surface area (Å²) in [7, 11) is -3.81. The number of aryl methyl sites for hydroxylation is 3. The maximum atomic E-state index is 12.3. The van der Waals surface area contributed by atoms with Gasteiger partial charge < -0.3 is 0 Å². The largest absolute Gasteiger partial charge is 0.265 e. The minimum absolute atomic E-state index is 0.0157. The monoisotopic (exact) mass is 311 g/mol. The van der Waals surface area contributed by atoms with Crippen molar-refractivity contribution in [3.63, 3.8) is 0 Å². The summed E-state index contributed by atoms with van der Waals surface area (Å²) < 4.78 is 27.0. The van der Waals surface area contributed by atoms with Crippen molar-refractivity contribution in [2.24, 2.45) is 0 Å². The van der Waals surface area contributed by atoms with Crippen molar-refractivity contribution >= 4 is 27.6 Å². The van der Waals surface area contributed by atoms with E-state index < -0.39 is 10.0 Å². The highest BCUT2D eigenvalue weighted by Gasteiger charge is 2.20. The molecule has 0 unspecified atom stereocenters. The summed E-state index contributed by atoms with van der Waals surface area (Å²) in [5, 5.41) is 0.198. The first-order chi connectivity index (χ1) is 9.29. The average Bonchev–Trinajstić information content (AvgIpc) is 2.30. The molecule has 0 amide bonds. The van der Waals surface area contributed by atoms with Crippen molar-refractivity contribution in [3.05, 3.63) is 46.2 Å². The minimum Gasteiger partial charge on any atom is -0.247 e. The molecule has 2 aromatic rings. The van der Waals surface area contributed by atoms with Crippen molar-refractivity contribution in [3.8, 4) is 0 Å². The molecule has 0 saturated heterocycles. The van der Waals surface area contributed by atoms with Crippen LogP contribution in [0.1, 0.15) is 17.0 Å². The zero-order chi connectivity index (χ0) is 14.9. The van der Waals surface area contributed by atoms with Crippen LogP contribution >= 0.6 is 11.6 Å². The van der Waals surface area contributed by atoms with Crippen LogP contribution in [0.25, 0.3) is 0 Å². The normalized spacial score (nSPS) is 11.4. The summed E-state index contributed by atoms with van der Waals surface area (Å²) in [6, 6.07) is 6.59. The Balaban J connectivity index is 2.43. The molecule has 0 aliphatic heterocycles. The molecule has 0 aliphatic carbocycles. The molecule has 0 aliphatic rings. The van der Waals surface area contributed by atoms with Crippen LogP contribution in [0.2, 0.25) is 5.02 Å². The molecule has 0 fully saturated rings. The summed E-state index contributed by atoms with van der Waals surface area (Å²) in [5.74, 6) is 0.0417. The van der Waals surface area contributed by atoms with Gasteiger partial charge in [0.15, 0.2) is 0 Å². The Morgan fingerprint density at radius 2 is 1.70 bits per heavy atom. The SMILES string of the molecule is Cc1cc(C)nc(NS(=O)(=O)c2cccc(C)c2Cl)n1. The van der Waals surface area contributed by atoms with E-state index in [4.69, 9.17) is 11.6 Å². The van der Waals surface area contributed by atoms with Crippen LogP contribution < -0.4 is 4.72 Å². The molecule has 0 spiro atoms. The summed E-state index contributed by atoms with van der Waals surface area (Å²) in [6.07, 6.45) is 0. The zero-order valence-electron chi connectivity index (χ0n) is 11.3. The maximum Gasteiger partial charge on any atom is 0.265 e. The molecule has 0 atom stereocenters. The molecule has 5 nitrogen and oxygen atoms in total. The summed E-state index contributed by atoms with van der Waals surface area (Å²) in [5.41, 5.74) is 2.06. The first-order valence-electron chi connectivity index (χ1n) is 5.90. The number of hydrogen-bond acceptors (Lipinski definition) is 4. The molecule has 0 radical (unpaired) electrons. The smallest absolute Gasteiger partial charge is 0.247 e. The molecule has 20 heavy (non-hydrogen) atoms. The Hall–Kier alpha value is -1.66. The molecule has 2 rings (SSSR count). The van der Waals surface area contributed by atoms with Crippen LogP contribution in [-0.2, 0) is 10.0 Å². The number of benzene rings is 1. The van der Waals surface area contributed by atoms with E-state index >= 15 is 0 Å². The van der Waals surface area contributed by atoms with Gasteiger partial charge in [0.2, 0.25) is 5.95 Å². The predicted octanol–water partition coefficient (Wildman–Crippen LogP) is 2.86. The topological polar surface area (TPSA) is 72.0 Å². The van der Waals surface area contributed by atoms with Crippen LogP contribution in [0.15, 0.2) is 29.2 Å². The molecule has 106 valence electrons. The fourth-order valence-electron chi connectivity index (χ4n) is 1.77. The van der Waals surface area contributed by atoms with Gasteiger partial charge in [0, 0.05) is 11.4 Å². The lowest BCUT2D eigenvalue weighted by Gasteiger charge is -2.10. The first kappa shape index (κ1) is 14.7. The van der Waals surface area contributed by atoms with Gasteiger partial charge in [-0.3, -0.25) is 0 Å². The zero-order valence-corrected chi connectivity index (χ0v) is 12.9. The third-order valence-electron chi connectivity index (χ3n) is 2.65. The van der Waals surface area contributed by atoms with Gasteiger partial charge in [-0.2, -0.15) is 0 Å². The molecule has 7 heteroatoms. The lowest BCUT2D eigenvalue weighted by Crippen LogP contribution is -2.16. The Labute approximate surface area is 123 Å². The van der Waals surface area contributed by atoms with E-state index in [1.54, 1.807) is 39.0 Å². The van der Waals surface area contributed by atoms with E-state index in [0.717, 1.165) is 0 Å². The Bertz CT molecular complexity index is 740. The first-order valence-corrected chi connectivity index (χ1v) is 7.76. The van der Waals surface area contributed by atoms with Crippen LogP contribution in [0.3, 0.4) is 0 Å². The lowest BCUT2D eigenvalue weighted by molar-refractivity contribution is 0.600. The Morgan fingerprint density at radius 1 is 1.10 bits per heavy atom. The van der Waals surface area contributed by atoms with Crippen molar-refractivity contribution in [1.82, 2.24) is 9.97 Å². The highest BCUT2D eigenvalue weighted by molar-refractivity contribution is 7.92. The second-order valence-electron chi connectivity index (χ2n) is 4.47. The van der Waals surface area contributed by atoms with Gasteiger partial charge in [-0.1, -0.05) is 23.7 Å². The predicted molar refractivity (Wildman–Crippen MR) is 78.5 cm³/mol. The standard InChI is InChI=1S/C13H14ClN3O2S/c1-8-5-4-6-11(12(8)14)20(18,19)17-13-15-9(2)7-10(3)16-13/h4-7H,1-3H3,(H,15,16,17). The number of hydrogen-bond donors (Lipinski definition) is 1. The molecule has 0 saturated carbocycles. The van der Waals surface area contributed by atoms with Crippen LogP contribution in [0.4, 0.5) is 5.95 Å². The van der Waals surface area contributed by atoms with E-state index in [-0.39, 0.29) is 15.9 Å². The summed E-state index contributed by atoms with van der Waals surface area (Å²) in [4.78, 5) is 8.12. The number of halogens is 1. The third-order valence-corrected chi connectivity index (χ3v) is 4.64. The molecule has 1 heterocycles. The molecule has 1 aromatic carbocycles. The maximum absolute atomic E-state index is 12.3. The van der Waals surface area contributed by atoms with Crippen molar-refractivity contribution in [1.29, 1.82) is 0 Å². The van der Waals surface area contributed by atoms with Gasteiger partial charge in [-0.05, 0) is 38.5 Å². The summed E-state index contributed by atoms with van der Waals surface area (Å²) >= 11 is 6.05. The van der Waals surface area contributed by atoms with E-state index in [2.05, 4.69) is 14.7 Å².